The first-order valence-corrected chi connectivity index (χ1v) is 11.8. The van der Waals surface area contributed by atoms with Gasteiger partial charge >= 0.3 is 0 Å². The van der Waals surface area contributed by atoms with Crippen LogP contribution in [0, 0.1) is 0 Å². The summed E-state index contributed by atoms with van der Waals surface area (Å²) in [6.07, 6.45) is 3.45. The summed E-state index contributed by atoms with van der Waals surface area (Å²) in [4.78, 5) is 28.4. The van der Waals surface area contributed by atoms with E-state index in [0.29, 0.717) is 48.0 Å². The molecule has 2 heterocycles. The number of fused-ring (bicyclic) bond motifs is 1. The van der Waals surface area contributed by atoms with Crippen molar-refractivity contribution in [3.8, 4) is 28.7 Å². The topological polar surface area (TPSA) is 95.6 Å². The fraction of sp³-hybridized carbons (Fsp3) is 0.462. The Balaban J connectivity index is 1.37. The van der Waals surface area contributed by atoms with Crippen molar-refractivity contribution in [2.24, 2.45) is 0 Å². The van der Waals surface area contributed by atoms with E-state index >= 15 is 0 Å². The molecule has 35 heavy (non-hydrogen) atoms. The zero-order valence-corrected chi connectivity index (χ0v) is 20.2. The van der Waals surface area contributed by atoms with E-state index < -0.39 is 5.54 Å². The van der Waals surface area contributed by atoms with E-state index in [1.54, 1.807) is 26.2 Å². The molecule has 0 radical (unpaired) electrons. The Bertz CT molecular complexity index is 1120. The summed E-state index contributed by atoms with van der Waals surface area (Å²) in [5.74, 6) is 2.77. The molecule has 186 valence electrons. The van der Waals surface area contributed by atoms with Crippen LogP contribution in [0.3, 0.4) is 0 Å². The number of nitrogens with one attached hydrogen (secondary N) is 1. The molecule has 9 nitrogen and oxygen atoms in total. The second-order valence-corrected chi connectivity index (χ2v) is 9.05. The molecule has 3 aliphatic rings. The number of nitrogens with zero attached hydrogens (tertiary/aromatic N) is 1. The first-order valence-electron chi connectivity index (χ1n) is 11.8. The Hall–Kier alpha value is -3.62. The van der Waals surface area contributed by atoms with Crippen LogP contribution in [0.25, 0.3) is 0 Å². The van der Waals surface area contributed by atoms with Crippen molar-refractivity contribution in [1.29, 1.82) is 0 Å². The molecule has 1 aliphatic carbocycles. The molecular formula is C26H30N2O7. The van der Waals surface area contributed by atoms with E-state index in [9.17, 15) is 9.59 Å². The first-order chi connectivity index (χ1) is 17.0. The number of ether oxygens (including phenoxy) is 5. The maximum Gasteiger partial charge on any atom is 0.246 e. The number of carbonyl (C=O) groups excluding carboxylic acids is 2. The number of carbonyl (C=O) groups is 2. The molecule has 1 saturated heterocycles. The summed E-state index contributed by atoms with van der Waals surface area (Å²) >= 11 is 0. The third-order valence-corrected chi connectivity index (χ3v) is 7.22. The molecule has 1 atom stereocenters. The van der Waals surface area contributed by atoms with Gasteiger partial charge in [0.15, 0.2) is 23.0 Å². The molecule has 1 N–H and O–H groups in total. The van der Waals surface area contributed by atoms with E-state index in [2.05, 4.69) is 5.32 Å². The van der Waals surface area contributed by atoms with Gasteiger partial charge in [0.25, 0.3) is 0 Å². The number of β-lactam (4-membered cyclic amide) rings is 1. The maximum absolute atomic E-state index is 13.7. The second kappa shape index (κ2) is 9.20. The number of likely N-dealkylation sites (tertiary alicyclic amines) is 1. The van der Waals surface area contributed by atoms with Crippen LogP contribution in [0.4, 0.5) is 0 Å². The van der Waals surface area contributed by atoms with Crippen molar-refractivity contribution in [2.45, 2.75) is 50.2 Å². The molecule has 2 aromatic carbocycles. The minimum Gasteiger partial charge on any atom is -0.493 e. The van der Waals surface area contributed by atoms with E-state index in [4.69, 9.17) is 23.7 Å². The Labute approximate surface area is 204 Å². The van der Waals surface area contributed by atoms with Gasteiger partial charge in [0.2, 0.25) is 24.4 Å². The fourth-order valence-electron chi connectivity index (χ4n) is 5.46. The highest BCUT2D eigenvalue weighted by molar-refractivity contribution is 5.95. The second-order valence-electron chi connectivity index (χ2n) is 9.05. The Morgan fingerprint density at radius 2 is 1.71 bits per heavy atom. The van der Waals surface area contributed by atoms with Crippen LogP contribution >= 0.6 is 0 Å². The van der Waals surface area contributed by atoms with Gasteiger partial charge in [-0.1, -0.05) is 18.9 Å². The lowest BCUT2D eigenvalue weighted by Crippen LogP contribution is -2.65. The molecule has 9 heteroatoms. The number of amides is 2. The third-order valence-electron chi connectivity index (χ3n) is 7.22. The van der Waals surface area contributed by atoms with Gasteiger partial charge in [0.1, 0.15) is 5.54 Å². The number of methoxy groups -OCH3 is 3. The first kappa shape index (κ1) is 23.1. The number of rotatable bonds is 8. The van der Waals surface area contributed by atoms with Gasteiger partial charge in [-0.3, -0.25) is 9.59 Å². The SMILES string of the molecule is COc1cc(CNC(=O)C2(N3C(=O)CC3c3ccc4c(c3)OCO4)CCCC2)cc(OC)c1OC. The highest BCUT2D eigenvalue weighted by atomic mass is 16.7. The Kier molecular flexibility index (Phi) is 6.08. The molecule has 1 saturated carbocycles. The van der Waals surface area contributed by atoms with E-state index in [1.807, 2.05) is 30.3 Å². The Morgan fingerprint density at radius 1 is 1.03 bits per heavy atom. The van der Waals surface area contributed by atoms with Crippen molar-refractivity contribution < 1.29 is 33.3 Å². The van der Waals surface area contributed by atoms with Crippen molar-refractivity contribution in [3.05, 3.63) is 41.5 Å². The zero-order chi connectivity index (χ0) is 24.6. The third kappa shape index (κ3) is 3.88. The van der Waals surface area contributed by atoms with Gasteiger partial charge in [-0.05, 0) is 48.2 Å². The normalized spacial score (nSPS) is 19.8. The smallest absolute Gasteiger partial charge is 0.246 e. The molecule has 2 fully saturated rings. The van der Waals surface area contributed by atoms with Crippen LogP contribution in [-0.2, 0) is 16.1 Å². The standard InChI is InChI=1S/C26H30N2O7/c1-31-21-10-16(11-22(32-2)24(21)33-3)14-27-25(30)26(8-4-5-9-26)28-18(13-23(28)29)17-6-7-19-20(12-17)35-15-34-19/h6-7,10-12,18H,4-5,8-9,13-15H2,1-3H3,(H,27,30). The lowest BCUT2D eigenvalue weighted by atomic mass is 9.83. The van der Waals surface area contributed by atoms with Gasteiger partial charge in [0.05, 0.1) is 33.8 Å². The molecule has 5 rings (SSSR count). The predicted octanol–water partition coefficient (Wildman–Crippen LogP) is 3.34. The summed E-state index contributed by atoms with van der Waals surface area (Å²) in [5, 5.41) is 3.08. The van der Waals surface area contributed by atoms with Crippen LogP contribution in [0.15, 0.2) is 30.3 Å². The molecule has 0 aromatic heterocycles. The lowest BCUT2D eigenvalue weighted by molar-refractivity contribution is -0.165. The molecule has 0 spiro atoms. The van der Waals surface area contributed by atoms with Crippen molar-refractivity contribution in [3.63, 3.8) is 0 Å². The van der Waals surface area contributed by atoms with Gasteiger partial charge < -0.3 is 33.9 Å². The van der Waals surface area contributed by atoms with E-state index in [1.165, 1.54) is 0 Å². The van der Waals surface area contributed by atoms with Crippen molar-refractivity contribution in [1.82, 2.24) is 10.2 Å². The predicted molar refractivity (Wildman–Crippen MR) is 126 cm³/mol. The van der Waals surface area contributed by atoms with E-state index in [0.717, 1.165) is 24.0 Å². The van der Waals surface area contributed by atoms with Crippen LogP contribution in [0.2, 0.25) is 0 Å². The zero-order valence-electron chi connectivity index (χ0n) is 20.2. The Morgan fingerprint density at radius 3 is 2.34 bits per heavy atom. The maximum atomic E-state index is 13.7. The number of benzene rings is 2. The van der Waals surface area contributed by atoms with Gasteiger partial charge in [0, 0.05) is 6.54 Å². The lowest BCUT2D eigenvalue weighted by Gasteiger charge is -2.51. The van der Waals surface area contributed by atoms with Crippen LogP contribution in [0.1, 0.15) is 49.3 Å². The van der Waals surface area contributed by atoms with Gasteiger partial charge in [-0.2, -0.15) is 0 Å². The number of hydrogen-bond donors (Lipinski definition) is 1. The van der Waals surface area contributed by atoms with Crippen molar-refractivity contribution in [2.75, 3.05) is 28.1 Å². The van der Waals surface area contributed by atoms with Crippen molar-refractivity contribution >= 4 is 11.8 Å². The van der Waals surface area contributed by atoms with E-state index in [-0.39, 0.29) is 31.2 Å². The number of hydrogen-bond acceptors (Lipinski definition) is 7. The average Bonchev–Trinajstić information content (AvgIpc) is 3.54. The average molecular weight is 483 g/mol. The molecule has 2 amide bonds. The summed E-state index contributed by atoms with van der Waals surface area (Å²) in [7, 11) is 4.66. The van der Waals surface area contributed by atoms with Gasteiger partial charge in [-0.15, -0.1) is 0 Å². The quantitative estimate of drug-likeness (QED) is 0.577. The monoisotopic (exact) mass is 482 g/mol. The highest BCUT2D eigenvalue weighted by Gasteiger charge is 2.55. The highest BCUT2D eigenvalue weighted by Crippen LogP contribution is 2.49. The van der Waals surface area contributed by atoms with Gasteiger partial charge in [-0.25, -0.2) is 0 Å². The summed E-state index contributed by atoms with van der Waals surface area (Å²) in [6, 6.07) is 9.20. The fourth-order valence-corrected chi connectivity index (χ4v) is 5.46. The summed E-state index contributed by atoms with van der Waals surface area (Å²) in [6.45, 7) is 0.466. The van der Waals surface area contributed by atoms with Crippen LogP contribution < -0.4 is 29.0 Å². The summed E-state index contributed by atoms with van der Waals surface area (Å²) < 4.78 is 27.2. The molecule has 1 unspecified atom stereocenters. The largest absolute Gasteiger partial charge is 0.493 e. The molecule has 2 aromatic rings. The summed E-state index contributed by atoms with van der Waals surface area (Å²) in [5.41, 5.74) is 0.901. The van der Waals surface area contributed by atoms with Crippen LogP contribution in [-0.4, -0.2) is 50.4 Å². The molecule has 0 bridgehead atoms. The minimum absolute atomic E-state index is 0.00231. The molecular weight excluding hydrogens is 452 g/mol. The molecule has 2 aliphatic heterocycles. The minimum atomic E-state index is -0.864. The van der Waals surface area contributed by atoms with Crippen LogP contribution in [0.5, 0.6) is 28.7 Å².